The molecule has 0 atom stereocenters. The molecule has 3 aromatic heterocycles. The van der Waals surface area contributed by atoms with Crippen LogP contribution in [0.1, 0.15) is 0 Å². The average Bonchev–Trinajstić information content (AvgIpc) is 3.33. The molecule has 0 amide bonds. The Morgan fingerprint density at radius 3 is 2.76 bits per heavy atom. The fourth-order valence-corrected chi connectivity index (χ4v) is 3.65. The number of aromatic amines is 1. The van der Waals surface area contributed by atoms with E-state index in [0.717, 1.165) is 52.3 Å². The minimum atomic E-state index is 0.600. The number of fused-ring (bicyclic) bond motifs is 1. The van der Waals surface area contributed by atoms with Crippen LogP contribution in [0.4, 0.5) is 5.82 Å². The van der Waals surface area contributed by atoms with Gasteiger partial charge < -0.3 is 14.5 Å². The van der Waals surface area contributed by atoms with Gasteiger partial charge in [-0.1, -0.05) is 12.1 Å². The summed E-state index contributed by atoms with van der Waals surface area (Å²) in [6, 6.07) is 13.7. The molecule has 8 heteroatoms. The van der Waals surface area contributed by atoms with Crippen LogP contribution < -0.4 is 15.6 Å². The summed E-state index contributed by atoms with van der Waals surface area (Å²) in [4.78, 5) is 16.8. The molecule has 0 spiro atoms. The number of morpholine rings is 1. The van der Waals surface area contributed by atoms with Crippen LogP contribution in [0, 0.1) is 0 Å². The summed E-state index contributed by atoms with van der Waals surface area (Å²) in [5.74, 6) is 6.88. The standard InChI is InChI=1S/C21H20N6O2/c22-29-15-3-1-2-14(12-15)17-13-19(27-8-10-28-11-9-27)25-20-16(17)4-6-23-21(20)18-5-7-24-26-18/h1-7,12-13H,8-11,22H2,(H,24,26). The van der Waals surface area contributed by atoms with E-state index >= 15 is 0 Å². The van der Waals surface area contributed by atoms with Gasteiger partial charge in [-0.05, 0) is 41.5 Å². The van der Waals surface area contributed by atoms with Crippen LogP contribution in [0.15, 0.2) is 54.9 Å². The van der Waals surface area contributed by atoms with Gasteiger partial charge in [-0.3, -0.25) is 10.1 Å². The molecule has 5 rings (SSSR count). The first-order valence-corrected chi connectivity index (χ1v) is 9.43. The van der Waals surface area contributed by atoms with Gasteiger partial charge in [0.05, 0.1) is 18.9 Å². The fourth-order valence-electron chi connectivity index (χ4n) is 3.65. The van der Waals surface area contributed by atoms with E-state index in [1.165, 1.54) is 0 Å². The van der Waals surface area contributed by atoms with Crippen LogP contribution in [0.3, 0.4) is 0 Å². The first-order valence-electron chi connectivity index (χ1n) is 9.43. The summed E-state index contributed by atoms with van der Waals surface area (Å²) in [5.41, 5.74) is 4.44. The van der Waals surface area contributed by atoms with Gasteiger partial charge in [0.2, 0.25) is 0 Å². The van der Waals surface area contributed by atoms with Crippen molar-refractivity contribution in [3.05, 3.63) is 54.9 Å². The number of H-pyrrole nitrogens is 1. The highest BCUT2D eigenvalue weighted by Gasteiger charge is 2.19. The third-order valence-corrected chi connectivity index (χ3v) is 5.09. The highest BCUT2D eigenvalue weighted by atomic mass is 16.6. The first kappa shape index (κ1) is 17.6. The monoisotopic (exact) mass is 388 g/mol. The topological polar surface area (TPSA) is 102 Å². The Balaban J connectivity index is 1.77. The number of hydrogen-bond donors (Lipinski definition) is 2. The van der Waals surface area contributed by atoms with E-state index in [4.69, 9.17) is 20.5 Å². The lowest BCUT2D eigenvalue weighted by molar-refractivity contribution is 0.122. The van der Waals surface area contributed by atoms with Gasteiger partial charge in [-0.25, -0.2) is 4.98 Å². The SMILES string of the molecule is NOc1cccc(-c2cc(N3CCOCC3)nc3c(-c4ccn[nH]4)nccc23)c1. The van der Waals surface area contributed by atoms with Gasteiger partial charge in [0, 0.05) is 30.9 Å². The summed E-state index contributed by atoms with van der Waals surface area (Å²) in [7, 11) is 0. The Bertz CT molecular complexity index is 1140. The van der Waals surface area contributed by atoms with Crippen LogP contribution >= 0.6 is 0 Å². The van der Waals surface area contributed by atoms with Crippen molar-refractivity contribution in [2.45, 2.75) is 0 Å². The van der Waals surface area contributed by atoms with Crippen molar-refractivity contribution < 1.29 is 9.57 Å². The van der Waals surface area contributed by atoms with Gasteiger partial charge >= 0.3 is 0 Å². The molecule has 1 aliphatic heterocycles. The van der Waals surface area contributed by atoms with Crippen molar-refractivity contribution in [1.82, 2.24) is 20.2 Å². The second-order valence-corrected chi connectivity index (χ2v) is 6.80. The molecule has 0 unspecified atom stereocenters. The van der Waals surface area contributed by atoms with Crippen molar-refractivity contribution in [2.24, 2.45) is 5.90 Å². The Morgan fingerprint density at radius 1 is 1.07 bits per heavy atom. The Morgan fingerprint density at radius 2 is 1.97 bits per heavy atom. The first-order chi connectivity index (χ1) is 14.3. The number of ether oxygens (including phenoxy) is 1. The van der Waals surface area contributed by atoms with Crippen molar-refractivity contribution >= 4 is 16.7 Å². The highest BCUT2D eigenvalue weighted by molar-refractivity contribution is 6.01. The highest BCUT2D eigenvalue weighted by Crippen LogP contribution is 2.35. The lowest BCUT2D eigenvalue weighted by Crippen LogP contribution is -2.36. The molecular weight excluding hydrogens is 368 g/mol. The number of pyridine rings is 2. The molecule has 1 aliphatic rings. The van der Waals surface area contributed by atoms with Crippen LogP contribution in [0.5, 0.6) is 5.75 Å². The summed E-state index contributed by atoms with van der Waals surface area (Å²) in [6.45, 7) is 2.96. The summed E-state index contributed by atoms with van der Waals surface area (Å²) in [5, 5.41) is 8.07. The molecule has 4 heterocycles. The van der Waals surface area contributed by atoms with Crippen LogP contribution in [-0.4, -0.2) is 46.5 Å². The smallest absolute Gasteiger partial charge is 0.147 e. The van der Waals surface area contributed by atoms with E-state index in [0.29, 0.717) is 19.0 Å². The van der Waals surface area contributed by atoms with E-state index in [1.54, 1.807) is 12.4 Å². The molecule has 4 aromatic rings. The lowest BCUT2D eigenvalue weighted by atomic mass is 10.00. The zero-order valence-electron chi connectivity index (χ0n) is 15.7. The number of anilines is 1. The van der Waals surface area contributed by atoms with Crippen LogP contribution in [0.2, 0.25) is 0 Å². The minimum Gasteiger partial charge on any atom is -0.412 e. The molecule has 1 aromatic carbocycles. The largest absolute Gasteiger partial charge is 0.412 e. The molecule has 1 saturated heterocycles. The molecule has 0 aliphatic carbocycles. The number of nitrogens with one attached hydrogen (secondary N) is 1. The van der Waals surface area contributed by atoms with Gasteiger partial charge in [-0.15, -0.1) is 0 Å². The molecular formula is C21H20N6O2. The zero-order chi connectivity index (χ0) is 19.6. The quantitative estimate of drug-likeness (QED) is 0.518. The Hall–Kier alpha value is -3.49. The van der Waals surface area contributed by atoms with Gasteiger partial charge in [0.25, 0.3) is 0 Å². The van der Waals surface area contributed by atoms with E-state index in [1.807, 2.05) is 36.4 Å². The van der Waals surface area contributed by atoms with E-state index in [-0.39, 0.29) is 0 Å². The normalized spacial score (nSPS) is 14.3. The Kier molecular flexibility index (Phi) is 4.55. The van der Waals surface area contributed by atoms with Crippen molar-refractivity contribution in [2.75, 3.05) is 31.2 Å². The predicted octanol–water partition coefficient (Wildman–Crippen LogP) is 2.78. The number of hydrogen-bond acceptors (Lipinski definition) is 7. The number of nitrogens with zero attached hydrogens (tertiary/aromatic N) is 4. The van der Waals surface area contributed by atoms with Gasteiger partial charge in [0.15, 0.2) is 0 Å². The number of benzene rings is 1. The molecule has 0 radical (unpaired) electrons. The molecule has 1 fully saturated rings. The van der Waals surface area contributed by atoms with Crippen molar-refractivity contribution in [3.63, 3.8) is 0 Å². The maximum atomic E-state index is 5.51. The molecule has 8 nitrogen and oxygen atoms in total. The number of aromatic nitrogens is 4. The summed E-state index contributed by atoms with van der Waals surface area (Å²) < 4.78 is 5.51. The second-order valence-electron chi connectivity index (χ2n) is 6.80. The predicted molar refractivity (Wildman–Crippen MR) is 110 cm³/mol. The van der Waals surface area contributed by atoms with Crippen LogP contribution in [0.25, 0.3) is 33.4 Å². The minimum absolute atomic E-state index is 0.600. The van der Waals surface area contributed by atoms with Crippen molar-refractivity contribution in [1.29, 1.82) is 0 Å². The second kappa shape index (κ2) is 7.50. The fraction of sp³-hybridized carbons (Fsp3) is 0.190. The third-order valence-electron chi connectivity index (χ3n) is 5.09. The maximum Gasteiger partial charge on any atom is 0.147 e. The van der Waals surface area contributed by atoms with E-state index in [9.17, 15) is 0 Å². The molecule has 29 heavy (non-hydrogen) atoms. The molecule has 146 valence electrons. The number of rotatable bonds is 4. The molecule has 0 saturated carbocycles. The van der Waals surface area contributed by atoms with Crippen LogP contribution in [-0.2, 0) is 4.74 Å². The third kappa shape index (κ3) is 3.28. The van der Waals surface area contributed by atoms with Gasteiger partial charge in [0.1, 0.15) is 22.8 Å². The van der Waals surface area contributed by atoms with E-state index < -0.39 is 0 Å². The molecule has 0 bridgehead atoms. The van der Waals surface area contributed by atoms with Gasteiger partial charge in [-0.2, -0.15) is 11.0 Å². The van der Waals surface area contributed by atoms with Crippen molar-refractivity contribution in [3.8, 4) is 28.3 Å². The average molecular weight is 388 g/mol. The summed E-state index contributed by atoms with van der Waals surface area (Å²) in [6.07, 6.45) is 3.51. The number of nitrogens with two attached hydrogens (primary N) is 1. The molecule has 3 N–H and O–H groups in total. The zero-order valence-corrected chi connectivity index (χ0v) is 15.7. The lowest BCUT2D eigenvalue weighted by Gasteiger charge is -2.28. The summed E-state index contributed by atoms with van der Waals surface area (Å²) >= 11 is 0. The maximum absolute atomic E-state index is 5.51. The van der Waals surface area contributed by atoms with E-state index in [2.05, 4.69) is 26.1 Å². The Labute approximate surface area is 167 Å².